The van der Waals surface area contributed by atoms with Gasteiger partial charge in [-0.15, -0.1) is 0 Å². The van der Waals surface area contributed by atoms with Gasteiger partial charge in [0.2, 0.25) is 0 Å². The number of rotatable bonds is 1. The van der Waals surface area contributed by atoms with Gasteiger partial charge in [0.25, 0.3) is 0 Å². The van der Waals surface area contributed by atoms with E-state index in [0.29, 0.717) is 17.5 Å². The van der Waals surface area contributed by atoms with Gasteiger partial charge in [-0.25, -0.2) is 9.97 Å². The Hall–Kier alpha value is -1.84. The molecule has 2 heterocycles. The summed E-state index contributed by atoms with van der Waals surface area (Å²) >= 11 is 0. The Morgan fingerprint density at radius 2 is 2.00 bits per heavy atom. The summed E-state index contributed by atoms with van der Waals surface area (Å²) in [6.07, 6.45) is 3.38. The smallest absolute Gasteiger partial charge is 0.191 e. The van der Waals surface area contributed by atoms with Crippen molar-refractivity contribution in [3.05, 3.63) is 29.9 Å². The van der Waals surface area contributed by atoms with Crippen LogP contribution >= 0.6 is 0 Å². The molecule has 0 aliphatic carbocycles. The zero-order valence-electron chi connectivity index (χ0n) is 8.11. The first-order valence-electron chi connectivity index (χ1n) is 4.32. The van der Waals surface area contributed by atoms with E-state index in [1.165, 1.54) is 0 Å². The summed E-state index contributed by atoms with van der Waals surface area (Å²) in [4.78, 5) is 8.07. The van der Waals surface area contributed by atoms with Gasteiger partial charge in [-0.3, -0.25) is 0 Å². The number of pyridine rings is 1. The molecule has 0 aliphatic heterocycles. The lowest BCUT2D eigenvalue weighted by atomic mass is 10.2. The standard InChI is InChI=1S/C10H11N3O/c1-6-3-8(10(11)13-4-6)9-5-12-7(2)14-9/h3-5H,1-2H3,(H2,11,13). The first kappa shape index (κ1) is 8.74. The third-order valence-corrected chi connectivity index (χ3v) is 1.94. The second-order valence-electron chi connectivity index (χ2n) is 3.19. The largest absolute Gasteiger partial charge is 0.441 e. The Morgan fingerprint density at radius 1 is 1.21 bits per heavy atom. The molecule has 0 fully saturated rings. The number of nitrogen functional groups attached to an aromatic ring is 1. The van der Waals surface area contributed by atoms with Crippen LogP contribution in [0.25, 0.3) is 11.3 Å². The highest BCUT2D eigenvalue weighted by Gasteiger charge is 2.08. The van der Waals surface area contributed by atoms with Crippen molar-refractivity contribution in [2.24, 2.45) is 0 Å². The van der Waals surface area contributed by atoms with Crippen molar-refractivity contribution in [3.8, 4) is 11.3 Å². The third-order valence-electron chi connectivity index (χ3n) is 1.94. The van der Waals surface area contributed by atoms with Crippen LogP contribution < -0.4 is 5.73 Å². The number of anilines is 1. The molecule has 2 rings (SSSR count). The summed E-state index contributed by atoms with van der Waals surface area (Å²) in [6.45, 7) is 3.75. The minimum absolute atomic E-state index is 0.465. The van der Waals surface area contributed by atoms with Crippen LogP contribution in [0.4, 0.5) is 5.82 Å². The molecule has 4 nitrogen and oxygen atoms in total. The summed E-state index contributed by atoms with van der Waals surface area (Å²) in [5, 5.41) is 0. The molecular weight excluding hydrogens is 178 g/mol. The minimum Gasteiger partial charge on any atom is -0.441 e. The zero-order chi connectivity index (χ0) is 10.1. The lowest BCUT2D eigenvalue weighted by Crippen LogP contribution is -1.93. The topological polar surface area (TPSA) is 64.9 Å². The maximum atomic E-state index is 5.73. The molecule has 0 aromatic carbocycles. The molecule has 72 valence electrons. The maximum absolute atomic E-state index is 5.73. The van der Waals surface area contributed by atoms with Gasteiger partial charge < -0.3 is 10.2 Å². The summed E-state index contributed by atoms with van der Waals surface area (Å²) in [6, 6.07) is 1.93. The van der Waals surface area contributed by atoms with Crippen molar-refractivity contribution < 1.29 is 4.42 Å². The molecule has 0 spiro atoms. The van der Waals surface area contributed by atoms with Crippen molar-refractivity contribution in [3.63, 3.8) is 0 Å². The normalized spacial score (nSPS) is 10.4. The summed E-state index contributed by atoms with van der Waals surface area (Å²) < 4.78 is 5.37. The first-order chi connectivity index (χ1) is 6.66. The van der Waals surface area contributed by atoms with Crippen LogP contribution in [-0.2, 0) is 0 Å². The number of nitrogens with zero attached hydrogens (tertiary/aromatic N) is 2. The fourth-order valence-corrected chi connectivity index (χ4v) is 1.26. The summed E-state index contributed by atoms with van der Waals surface area (Å²) in [7, 11) is 0. The molecule has 2 N–H and O–H groups in total. The monoisotopic (exact) mass is 189 g/mol. The molecule has 0 atom stereocenters. The molecule has 0 unspecified atom stereocenters. The fourth-order valence-electron chi connectivity index (χ4n) is 1.26. The molecule has 14 heavy (non-hydrogen) atoms. The number of hydrogen-bond donors (Lipinski definition) is 1. The van der Waals surface area contributed by atoms with Crippen molar-refractivity contribution in [2.45, 2.75) is 13.8 Å². The van der Waals surface area contributed by atoms with Crippen LogP contribution in [0.1, 0.15) is 11.5 Å². The van der Waals surface area contributed by atoms with Gasteiger partial charge >= 0.3 is 0 Å². The number of aromatic nitrogens is 2. The molecule has 0 radical (unpaired) electrons. The lowest BCUT2D eigenvalue weighted by molar-refractivity contribution is 0.534. The zero-order valence-corrected chi connectivity index (χ0v) is 8.11. The highest BCUT2D eigenvalue weighted by atomic mass is 16.4. The van der Waals surface area contributed by atoms with Crippen LogP contribution in [0.5, 0.6) is 0 Å². The van der Waals surface area contributed by atoms with Gasteiger partial charge in [0.1, 0.15) is 5.82 Å². The van der Waals surface area contributed by atoms with Gasteiger partial charge in [0, 0.05) is 13.1 Å². The van der Waals surface area contributed by atoms with E-state index in [-0.39, 0.29) is 0 Å². The van der Waals surface area contributed by atoms with E-state index < -0.39 is 0 Å². The van der Waals surface area contributed by atoms with E-state index in [9.17, 15) is 0 Å². The van der Waals surface area contributed by atoms with Crippen molar-refractivity contribution >= 4 is 5.82 Å². The van der Waals surface area contributed by atoms with Crippen LogP contribution in [0.3, 0.4) is 0 Å². The Balaban J connectivity index is 2.55. The number of nitrogens with two attached hydrogens (primary N) is 1. The molecular formula is C10H11N3O. The molecule has 2 aromatic heterocycles. The number of aryl methyl sites for hydroxylation is 2. The molecule has 0 aliphatic rings. The van der Waals surface area contributed by atoms with Gasteiger partial charge in [0.05, 0.1) is 11.8 Å². The Labute approximate surface area is 81.8 Å². The van der Waals surface area contributed by atoms with Crippen LogP contribution in [0.15, 0.2) is 22.9 Å². The molecule has 0 saturated carbocycles. The summed E-state index contributed by atoms with van der Waals surface area (Å²) in [5.41, 5.74) is 7.57. The SMILES string of the molecule is Cc1cnc(N)c(-c2cnc(C)o2)c1. The van der Waals surface area contributed by atoms with E-state index in [4.69, 9.17) is 10.2 Å². The van der Waals surface area contributed by atoms with Crippen LogP contribution in [0, 0.1) is 13.8 Å². The van der Waals surface area contributed by atoms with Gasteiger partial charge in [0.15, 0.2) is 11.7 Å². The maximum Gasteiger partial charge on any atom is 0.191 e. The predicted molar refractivity (Wildman–Crippen MR) is 53.6 cm³/mol. The Bertz CT molecular complexity index is 462. The number of hydrogen-bond acceptors (Lipinski definition) is 4. The third kappa shape index (κ3) is 1.46. The Kier molecular flexibility index (Phi) is 1.96. The second-order valence-corrected chi connectivity index (χ2v) is 3.19. The van der Waals surface area contributed by atoms with Gasteiger partial charge in [-0.05, 0) is 18.6 Å². The van der Waals surface area contributed by atoms with Crippen molar-refractivity contribution in [1.29, 1.82) is 0 Å². The molecule has 0 bridgehead atoms. The van der Waals surface area contributed by atoms with Crippen molar-refractivity contribution in [2.75, 3.05) is 5.73 Å². The van der Waals surface area contributed by atoms with E-state index in [2.05, 4.69) is 9.97 Å². The van der Waals surface area contributed by atoms with E-state index in [1.807, 2.05) is 13.0 Å². The van der Waals surface area contributed by atoms with E-state index in [0.717, 1.165) is 11.1 Å². The van der Waals surface area contributed by atoms with Gasteiger partial charge in [-0.1, -0.05) is 0 Å². The molecule has 0 amide bonds. The lowest BCUT2D eigenvalue weighted by Gasteiger charge is -2.01. The number of oxazole rings is 1. The Morgan fingerprint density at radius 3 is 2.64 bits per heavy atom. The predicted octanol–water partition coefficient (Wildman–Crippen LogP) is 1.94. The minimum atomic E-state index is 0.465. The highest BCUT2D eigenvalue weighted by molar-refractivity contribution is 5.69. The molecule has 0 saturated heterocycles. The summed E-state index contributed by atoms with van der Waals surface area (Å²) in [5.74, 6) is 1.75. The first-order valence-corrected chi connectivity index (χ1v) is 4.32. The highest BCUT2D eigenvalue weighted by Crippen LogP contribution is 2.25. The van der Waals surface area contributed by atoms with Crippen molar-refractivity contribution in [1.82, 2.24) is 9.97 Å². The average Bonchev–Trinajstić information content (AvgIpc) is 2.56. The van der Waals surface area contributed by atoms with E-state index >= 15 is 0 Å². The van der Waals surface area contributed by atoms with E-state index in [1.54, 1.807) is 19.3 Å². The fraction of sp³-hybridized carbons (Fsp3) is 0.200. The molecule has 2 aromatic rings. The average molecular weight is 189 g/mol. The van der Waals surface area contributed by atoms with Crippen LogP contribution in [-0.4, -0.2) is 9.97 Å². The van der Waals surface area contributed by atoms with Crippen LogP contribution in [0.2, 0.25) is 0 Å². The second kappa shape index (κ2) is 3.14. The quantitative estimate of drug-likeness (QED) is 0.744. The van der Waals surface area contributed by atoms with Gasteiger partial charge in [-0.2, -0.15) is 0 Å². The molecule has 4 heteroatoms.